The summed E-state index contributed by atoms with van der Waals surface area (Å²) in [7, 11) is 0. The highest BCUT2D eigenvalue weighted by Gasteiger charge is 2.27. The first kappa shape index (κ1) is 11.9. The van der Waals surface area contributed by atoms with E-state index in [1.165, 1.54) is 0 Å². The van der Waals surface area contributed by atoms with Crippen LogP contribution in [0, 0.1) is 23.0 Å². The zero-order chi connectivity index (χ0) is 12.4. The number of hydrogen-bond donors (Lipinski definition) is 1. The average molecular weight is 236 g/mol. The highest BCUT2D eigenvalue weighted by atomic mass is 16.6. The lowest BCUT2D eigenvalue weighted by atomic mass is 10.1. The van der Waals surface area contributed by atoms with Gasteiger partial charge in [-0.3, -0.25) is 10.1 Å². The second kappa shape index (κ2) is 4.71. The van der Waals surface area contributed by atoms with Gasteiger partial charge in [-0.15, -0.1) is 0 Å². The van der Waals surface area contributed by atoms with Crippen LogP contribution in [0.1, 0.15) is 12.0 Å². The Labute approximate surface area is 99.8 Å². The zero-order valence-corrected chi connectivity index (χ0v) is 9.80. The second-order valence-corrected chi connectivity index (χ2v) is 4.53. The number of anilines is 1. The van der Waals surface area contributed by atoms with Gasteiger partial charge in [-0.1, -0.05) is 6.07 Å². The maximum atomic E-state index is 11.0. The number of aliphatic hydroxyl groups excluding tert-OH is 1. The van der Waals surface area contributed by atoms with Gasteiger partial charge < -0.3 is 10.0 Å². The third kappa shape index (κ3) is 2.39. The Morgan fingerprint density at radius 2 is 2.35 bits per heavy atom. The smallest absolute Gasteiger partial charge is 0.292 e. The van der Waals surface area contributed by atoms with Crippen LogP contribution in [0.15, 0.2) is 18.2 Å². The van der Waals surface area contributed by atoms with Crippen LogP contribution in [0.4, 0.5) is 11.4 Å². The van der Waals surface area contributed by atoms with Crippen LogP contribution in [0.5, 0.6) is 0 Å². The third-order valence-corrected chi connectivity index (χ3v) is 3.21. The van der Waals surface area contributed by atoms with E-state index in [9.17, 15) is 10.1 Å². The highest BCUT2D eigenvalue weighted by molar-refractivity contribution is 5.64. The van der Waals surface area contributed by atoms with E-state index in [1.54, 1.807) is 12.1 Å². The fourth-order valence-corrected chi connectivity index (χ4v) is 2.24. The first-order chi connectivity index (χ1) is 8.11. The molecule has 1 atom stereocenters. The summed E-state index contributed by atoms with van der Waals surface area (Å²) in [5.74, 6) is 0.232. The van der Waals surface area contributed by atoms with E-state index in [-0.39, 0.29) is 23.1 Å². The SMILES string of the molecule is Cc1ccc([N+](=O)[O-])c(N2CCC(CO)C2)c1. The van der Waals surface area contributed by atoms with Crippen molar-refractivity contribution in [2.24, 2.45) is 5.92 Å². The molecule has 1 aliphatic heterocycles. The van der Waals surface area contributed by atoms with Crippen LogP contribution in [-0.2, 0) is 0 Å². The van der Waals surface area contributed by atoms with E-state index >= 15 is 0 Å². The summed E-state index contributed by atoms with van der Waals surface area (Å²) >= 11 is 0. The van der Waals surface area contributed by atoms with Crippen molar-refractivity contribution in [3.05, 3.63) is 33.9 Å². The normalized spacial score (nSPS) is 19.6. The largest absolute Gasteiger partial charge is 0.396 e. The summed E-state index contributed by atoms with van der Waals surface area (Å²) in [4.78, 5) is 12.6. The lowest BCUT2D eigenvalue weighted by molar-refractivity contribution is -0.384. The van der Waals surface area contributed by atoms with Gasteiger partial charge in [0.05, 0.1) is 4.92 Å². The Bertz CT molecular complexity index is 434. The number of nitrogens with zero attached hydrogens (tertiary/aromatic N) is 2. The molecule has 1 fully saturated rings. The van der Waals surface area contributed by atoms with Crippen molar-refractivity contribution in [2.45, 2.75) is 13.3 Å². The molecule has 0 aliphatic carbocycles. The molecule has 0 spiro atoms. The zero-order valence-electron chi connectivity index (χ0n) is 9.80. The molecular formula is C12H16N2O3. The standard InChI is InChI=1S/C12H16N2O3/c1-9-2-3-11(14(16)17)12(6-9)13-5-4-10(7-13)8-15/h2-3,6,10,15H,4-5,7-8H2,1H3. The maximum absolute atomic E-state index is 11.0. The molecule has 5 nitrogen and oxygen atoms in total. The van der Waals surface area contributed by atoms with Crippen LogP contribution in [0.25, 0.3) is 0 Å². The van der Waals surface area contributed by atoms with Gasteiger partial charge in [0.15, 0.2) is 0 Å². The number of aryl methyl sites for hydroxylation is 1. The van der Waals surface area contributed by atoms with Gasteiger partial charge in [-0.25, -0.2) is 0 Å². The topological polar surface area (TPSA) is 66.6 Å². The molecule has 2 rings (SSSR count). The van der Waals surface area contributed by atoms with Gasteiger partial charge >= 0.3 is 0 Å². The monoisotopic (exact) mass is 236 g/mol. The molecule has 1 saturated heterocycles. The third-order valence-electron chi connectivity index (χ3n) is 3.21. The molecule has 0 amide bonds. The van der Waals surface area contributed by atoms with Crippen LogP contribution >= 0.6 is 0 Å². The van der Waals surface area contributed by atoms with Gasteiger partial charge in [0, 0.05) is 31.7 Å². The quantitative estimate of drug-likeness (QED) is 0.641. The first-order valence-electron chi connectivity index (χ1n) is 5.72. The van der Waals surface area contributed by atoms with Gasteiger partial charge in [0.2, 0.25) is 0 Å². The number of nitro benzene ring substituents is 1. The van der Waals surface area contributed by atoms with E-state index in [0.717, 1.165) is 18.5 Å². The predicted octanol–water partition coefficient (Wildman–Crippen LogP) is 1.72. The number of rotatable bonds is 3. The predicted molar refractivity (Wildman–Crippen MR) is 65.2 cm³/mol. The van der Waals surface area contributed by atoms with Crippen molar-refractivity contribution in [3.8, 4) is 0 Å². The first-order valence-corrected chi connectivity index (χ1v) is 5.72. The summed E-state index contributed by atoms with van der Waals surface area (Å²) in [6.07, 6.45) is 0.890. The molecular weight excluding hydrogens is 220 g/mol. The van der Waals surface area contributed by atoms with E-state index in [4.69, 9.17) is 5.11 Å². The van der Waals surface area contributed by atoms with Crippen LogP contribution in [0.2, 0.25) is 0 Å². The minimum atomic E-state index is -0.346. The van der Waals surface area contributed by atoms with Gasteiger partial charge in [0.25, 0.3) is 5.69 Å². The summed E-state index contributed by atoms with van der Waals surface area (Å²) in [5, 5.41) is 20.1. The molecule has 0 radical (unpaired) electrons. The number of aliphatic hydroxyl groups is 1. The average Bonchev–Trinajstić information content (AvgIpc) is 2.76. The van der Waals surface area contributed by atoms with Crippen molar-refractivity contribution in [1.82, 2.24) is 0 Å². The van der Waals surface area contributed by atoms with E-state index in [2.05, 4.69) is 0 Å². The van der Waals surface area contributed by atoms with E-state index < -0.39 is 0 Å². The Morgan fingerprint density at radius 3 is 2.94 bits per heavy atom. The molecule has 5 heteroatoms. The van der Waals surface area contributed by atoms with Crippen molar-refractivity contribution < 1.29 is 10.0 Å². The molecule has 92 valence electrons. The molecule has 0 bridgehead atoms. The van der Waals surface area contributed by atoms with Gasteiger partial charge in [-0.05, 0) is 25.0 Å². The van der Waals surface area contributed by atoms with Crippen molar-refractivity contribution in [3.63, 3.8) is 0 Å². The molecule has 1 unspecified atom stereocenters. The van der Waals surface area contributed by atoms with Crippen molar-refractivity contribution in [1.29, 1.82) is 0 Å². The lowest BCUT2D eigenvalue weighted by Gasteiger charge is -2.18. The molecule has 1 heterocycles. The van der Waals surface area contributed by atoms with E-state index in [0.29, 0.717) is 12.2 Å². The van der Waals surface area contributed by atoms with E-state index in [1.807, 2.05) is 17.9 Å². The minimum absolute atomic E-state index is 0.147. The molecule has 0 aromatic heterocycles. The van der Waals surface area contributed by atoms with Crippen LogP contribution in [-0.4, -0.2) is 29.7 Å². The summed E-state index contributed by atoms with van der Waals surface area (Å²) < 4.78 is 0. The highest BCUT2D eigenvalue weighted by Crippen LogP contribution is 2.32. The summed E-state index contributed by atoms with van der Waals surface area (Å²) in [6, 6.07) is 5.15. The second-order valence-electron chi connectivity index (χ2n) is 4.53. The number of nitro groups is 1. The van der Waals surface area contributed by atoms with Crippen molar-refractivity contribution in [2.75, 3.05) is 24.6 Å². The van der Waals surface area contributed by atoms with Crippen LogP contribution < -0.4 is 4.90 Å². The number of benzene rings is 1. The minimum Gasteiger partial charge on any atom is -0.396 e. The van der Waals surface area contributed by atoms with Crippen molar-refractivity contribution >= 4 is 11.4 Å². The fraction of sp³-hybridized carbons (Fsp3) is 0.500. The molecule has 1 aliphatic rings. The number of hydrogen-bond acceptors (Lipinski definition) is 4. The summed E-state index contributed by atoms with van der Waals surface area (Å²) in [6.45, 7) is 3.54. The molecule has 1 N–H and O–H groups in total. The Kier molecular flexibility index (Phi) is 3.28. The Hall–Kier alpha value is -1.62. The van der Waals surface area contributed by atoms with Gasteiger partial charge in [0.1, 0.15) is 5.69 Å². The molecule has 1 aromatic carbocycles. The molecule has 17 heavy (non-hydrogen) atoms. The molecule has 1 aromatic rings. The van der Waals surface area contributed by atoms with Gasteiger partial charge in [-0.2, -0.15) is 0 Å². The lowest BCUT2D eigenvalue weighted by Crippen LogP contribution is -2.21. The van der Waals surface area contributed by atoms with Crippen LogP contribution in [0.3, 0.4) is 0 Å². The fourth-order valence-electron chi connectivity index (χ4n) is 2.24. The Balaban J connectivity index is 2.31. The molecule has 0 saturated carbocycles. The Morgan fingerprint density at radius 1 is 1.59 bits per heavy atom. The maximum Gasteiger partial charge on any atom is 0.292 e. The summed E-state index contributed by atoms with van der Waals surface area (Å²) in [5.41, 5.74) is 1.83.